The van der Waals surface area contributed by atoms with Crippen LogP contribution >= 0.6 is 0 Å². The van der Waals surface area contributed by atoms with E-state index in [2.05, 4.69) is 11.1 Å². The van der Waals surface area contributed by atoms with Crippen molar-refractivity contribution in [1.29, 1.82) is 0 Å². The summed E-state index contributed by atoms with van der Waals surface area (Å²) in [6, 6.07) is 7.51. The highest BCUT2D eigenvalue weighted by Gasteiger charge is 2.09. The first kappa shape index (κ1) is 12.2. The maximum atomic E-state index is 5.81. The van der Waals surface area contributed by atoms with Gasteiger partial charge in [0, 0.05) is 6.07 Å². The van der Waals surface area contributed by atoms with Gasteiger partial charge < -0.3 is 16.2 Å². The highest BCUT2D eigenvalue weighted by atomic mass is 16.5. The lowest BCUT2D eigenvalue weighted by Gasteiger charge is -2.13. The van der Waals surface area contributed by atoms with Crippen LogP contribution in [0, 0.1) is 20.8 Å². The summed E-state index contributed by atoms with van der Waals surface area (Å²) in [4.78, 5) is 4.11. The summed E-state index contributed by atoms with van der Waals surface area (Å²) in [5, 5.41) is 0. The molecule has 4 nitrogen and oxygen atoms in total. The van der Waals surface area contributed by atoms with Gasteiger partial charge in [0.1, 0.15) is 5.75 Å². The van der Waals surface area contributed by atoms with Crippen molar-refractivity contribution >= 4 is 11.5 Å². The molecule has 0 aliphatic heterocycles. The number of rotatable bonds is 2. The highest BCUT2D eigenvalue weighted by Crippen LogP contribution is 2.30. The van der Waals surface area contributed by atoms with Crippen molar-refractivity contribution in [2.24, 2.45) is 0 Å². The third kappa shape index (κ3) is 2.22. The van der Waals surface area contributed by atoms with Crippen LogP contribution < -0.4 is 16.2 Å². The zero-order chi connectivity index (χ0) is 13.3. The number of nitrogens with two attached hydrogens (primary N) is 2. The molecule has 0 radical (unpaired) electrons. The molecule has 2 rings (SSSR count). The first-order valence-electron chi connectivity index (χ1n) is 5.75. The monoisotopic (exact) mass is 243 g/mol. The Kier molecular flexibility index (Phi) is 3.10. The molecule has 1 aromatic heterocycles. The molecular weight excluding hydrogens is 226 g/mol. The summed E-state index contributed by atoms with van der Waals surface area (Å²) < 4.78 is 5.81. The van der Waals surface area contributed by atoms with Gasteiger partial charge in [0.25, 0.3) is 0 Å². The van der Waals surface area contributed by atoms with Crippen LogP contribution in [0.3, 0.4) is 0 Å². The van der Waals surface area contributed by atoms with Crippen molar-refractivity contribution in [2.45, 2.75) is 20.8 Å². The van der Waals surface area contributed by atoms with Gasteiger partial charge in [-0.2, -0.15) is 4.98 Å². The molecule has 18 heavy (non-hydrogen) atoms. The van der Waals surface area contributed by atoms with Crippen molar-refractivity contribution in [3.05, 3.63) is 41.0 Å². The van der Waals surface area contributed by atoms with E-state index in [0.717, 1.165) is 16.9 Å². The molecular formula is C14H17N3O. The number of pyridine rings is 1. The van der Waals surface area contributed by atoms with Crippen molar-refractivity contribution in [3.8, 4) is 11.6 Å². The van der Waals surface area contributed by atoms with Crippen LogP contribution in [0.25, 0.3) is 0 Å². The van der Waals surface area contributed by atoms with Crippen LogP contribution in [0.5, 0.6) is 11.6 Å². The van der Waals surface area contributed by atoms with Gasteiger partial charge in [-0.15, -0.1) is 0 Å². The number of hydrogen-bond donors (Lipinski definition) is 2. The van der Waals surface area contributed by atoms with Crippen LogP contribution in [0.15, 0.2) is 24.3 Å². The van der Waals surface area contributed by atoms with E-state index in [1.165, 1.54) is 5.56 Å². The third-order valence-corrected chi connectivity index (χ3v) is 3.01. The zero-order valence-electron chi connectivity index (χ0n) is 10.8. The molecule has 0 saturated heterocycles. The van der Waals surface area contributed by atoms with Gasteiger partial charge in [0.2, 0.25) is 5.88 Å². The molecule has 0 bridgehead atoms. The van der Waals surface area contributed by atoms with E-state index in [-0.39, 0.29) is 5.82 Å². The second-order valence-corrected chi connectivity index (χ2v) is 4.38. The number of aromatic nitrogens is 1. The first-order valence-corrected chi connectivity index (χ1v) is 5.75. The number of nitrogen functional groups attached to an aromatic ring is 2. The van der Waals surface area contributed by atoms with Gasteiger partial charge in [0.05, 0.1) is 5.69 Å². The average Bonchev–Trinajstić information content (AvgIpc) is 2.34. The van der Waals surface area contributed by atoms with Crippen LogP contribution in [0.2, 0.25) is 0 Å². The summed E-state index contributed by atoms with van der Waals surface area (Å²) in [6.07, 6.45) is 0. The Bertz CT molecular complexity index is 594. The summed E-state index contributed by atoms with van der Waals surface area (Å²) in [5.74, 6) is 1.57. The van der Waals surface area contributed by atoms with Gasteiger partial charge in [0.15, 0.2) is 5.82 Å². The standard InChI is InChI=1S/C14H17N3O/c1-8-4-5-9(2)13(10(8)3)18-12-7-6-11(15)14(16)17-12/h4-7H,15H2,1-3H3,(H2,16,17). The second-order valence-electron chi connectivity index (χ2n) is 4.38. The molecule has 4 N–H and O–H groups in total. The van der Waals surface area contributed by atoms with Gasteiger partial charge in [-0.3, -0.25) is 0 Å². The smallest absolute Gasteiger partial charge is 0.221 e. The molecule has 94 valence electrons. The predicted molar refractivity (Wildman–Crippen MR) is 73.8 cm³/mol. The maximum Gasteiger partial charge on any atom is 0.221 e. The average molecular weight is 243 g/mol. The topological polar surface area (TPSA) is 74.2 Å². The van der Waals surface area contributed by atoms with Crippen molar-refractivity contribution < 1.29 is 4.74 Å². The van der Waals surface area contributed by atoms with Gasteiger partial charge in [-0.1, -0.05) is 12.1 Å². The van der Waals surface area contributed by atoms with E-state index in [0.29, 0.717) is 11.6 Å². The molecule has 4 heteroatoms. The molecule has 0 saturated carbocycles. The third-order valence-electron chi connectivity index (χ3n) is 3.01. The van der Waals surface area contributed by atoms with E-state index in [4.69, 9.17) is 16.2 Å². The number of nitrogens with zero attached hydrogens (tertiary/aromatic N) is 1. The molecule has 1 heterocycles. The number of hydrogen-bond acceptors (Lipinski definition) is 4. The Balaban J connectivity index is 2.39. The zero-order valence-corrected chi connectivity index (χ0v) is 10.8. The first-order chi connectivity index (χ1) is 8.49. The largest absolute Gasteiger partial charge is 0.438 e. The fourth-order valence-electron chi connectivity index (χ4n) is 1.71. The fourth-order valence-corrected chi connectivity index (χ4v) is 1.71. The lowest BCUT2D eigenvalue weighted by molar-refractivity contribution is 0.456. The summed E-state index contributed by atoms with van der Waals surface area (Å²) in [5.41, 5.74) is 15.1. The van der Waals surface area contributed by atoms with E-state index < -0.39 is 0 Å². The molecule has 0 unspecified atom stereocenters. The predicted octanol–water partition coefficient (Wildman–Crippen LogP) is 2.96. The summed E-state index contributed by atoms with van der Waals surface area (Å²) >= 11 is 0. The van der Waals surface area contributed by atoms with Crippen molar-refractivity contribution in [2.75, 3.05) is 11.5 Å². The number of aryl methyl sites for hydroxylation is 2. The lowest BCUT2D eigenvalue weighted by Crippen LogP contribution is -2.00. The SMILES string of the molecule is Cc1ccc(C)c(Oc2ccc(N)c(N)n2)c1C. The molecule has 0 aliphatic rings. The minimum atomic E-state index is 0.287. The summed E-state index contributed by atoms with van der Waals surface area (Å²) in [6.45, 7) is 6.08. The van der Waals surface area contributed by atoms with Crippen molar-refractivity contribution in [1.82, 2.24) is 4.98 Å². The van der Waals surface area contributed by atoms with Crippen LogP contribution in [0.1, 0.15) is 16.7 Å². The Morgan fingerprint density at radius 1 is 0.944 bits per heavy atom. The molecule has 0 atom stereocenters. The van der Waals surface area contributed by atoms with E-state index in [1.807, 2.05) is 26.8 Å². The fraction of sp³-hybridized carbons (Fsp3) is 0.214. The molecule has 0 fully saturated rings. The molecule has 0 amide bonds. The quantitative estimate of drug-likeness (QED) is 0.850. The number of ether oxygens (including phenoxy) is 1. The van der Waals surface area contributed by atoms with Crippen LogP contribution in [0.4, 0.5) is 11.5 Å². The molecule has 1 aromatic carbocycles. The van der Waals surface area contributed by atoms with Gasteiger partial charge in [-0.25, -0.2) is 0 Å². The maximum absolute atomic E-state index is 5.81. The Labute approximate surface area is 107 Å². The van der Waals surface area contributed by atoms with Crippen LogP contribution in [-0.2, 0) is 0 Å². The van der Waals surface area contributed by atoms with E-state index in [9.17, 15) is 0 Å². The normalized spacial score (nSPS) is 10.4. The second kappa shape index (κ2) is 4.56. The molecule has 2 aromatic rings. The Morgan fingerprint density at radius 3 is 2.28 bits per heavy atom. The molecule has 0 aliphatic carbocycles. The summed E-state index contributed by atoms with van der Waals surface area (Å²) in [7, 11) is 0. The Hall–Kier alpha value is -2.23. The van der Waals surface area contributed by atoms with Gasteiger partial charge >= 0.3 is 0 Å². The van der Waals surface area contributed by atoms with E-state index in [1.54, 1.807) is 12.1 Å². The van der Waals surface area contributed by atoms with Gasteiger partial charge in [-0.05, 0) is 43.5 Å². The number of benzene rings is 1. The molecule has 0 spiro atoms. The highest BCUT2D eigenvalue weighted by molar-refractivity contribution is 5.59. The van der Waals surface area contributed by atoms with Crippen molar-refractivity contribution in [3.63, 3.8) is 0 Å². The van der Waals surface area contributed by atoms with Crippen LogP contribution in [-0.4, -0.2) is 4.98 Å². The Morgan fingerprint density at radius 2 is 1.61 bits per heavy atom. The lowest BCUT2D eigenvalue weighted by atomic mass is 10.1. The minimum Gasteiger partial charge on any atom is -0.438 e. The number of anilines is 2. The minimum absolute atomic E-state index is 0.287. The van der Waals surface area contributed by atoms with E-state index >= 15 is 0 Å².